The highest BCUT2D eigenvalue weighted by atomic mass is 35.5. The fraction of sp³-hybridized carbons (Fsp3) is 0.0455. The van der Waals surface area contributed by atoms with Gasteiger partial charge in [-0.1, -0.05) is 17.7 Å². The monoisotopic (exact) mass is 450 g/mol. The number of hydrogen-bond donors (Lipinski definition) is 3. The lowest BCUT2D eigenvalue weighted by molar-refractivity contribution is 0.0696. The summed E-state index contributed by atoms with van der Waals surface area (Å²) in [5.41, 5.74) is 2.58. The Hall–Kier alpha value is -4.11. The van der Waals surface area contributed by atoms with Gasteiger partial charge in [-0.3, -0.25) is 9.97 Å². The first kappa shape index (κ1) is 21.1. The molecular weight excluding hydrogens is 435 g/mol. The van der Waals surface area contributed by atoms with E-state index in [4.69, 9.17) is 11.6 Å². The quantitative estimate of drug-likeness (QED) is 0.368. The summed E-state index contributed by atoms with van der Waals surface area (Å²) in [6.45, 7) is 0.422. The zero-order valence-corrected chi connectivity index (χ0v) is 17.2. The van der Waals surface area contributed by atoms with Crippen LogP contribution in [0.2, 0.25) is 5.02 Å². The van der Waals surface area contributed by atoms with Crippen molar-refractivity contribution in [3.63, 3.8) is 0 Å². The maximum atomic E-state index is 13.4. The Kier molecular flexibility index (Phi) is 6.18. The molecule has 0 saturated heterocycles. The summed E-state index contributed by atoms with van der Waals surface area (Å²) in [6, 6.07) is 9.41. The van der Waals surface area contributed by atoms with Crippen LogP contribution in [0.4, 0.5) is 21.8 Å². The number of carboxylic acids is 1. The number of nitrogens with zero attached hydrogens (tertiary/aromatic N) is 4. The summed E-state index contributed by atoms with van der Waals surface area (Å²) < 4.78 is 13.4. The van der Waals surface area contributed by atoms with E-state index in [1.54, 1.807) is 18.6 Å². The molecule has 0 unspecified atom stereocenters. The van der Waals surface area contributed by atoms with Gasteiger partial charge in [0.05, 0.1) is 10.6 Å². The average Bonchev–Trinajstić information content (AvgIpc) is 2.81. The third kappa shape index (κ3) is 4.96. The molecular formula is C22H16ClFN6O2. The first-order valence-corrected chi connectivity index (χ1v) is 9.78. The van der Waals surface area contributed by atoms with Crippen LogP contribution in [0.15, 0.2) is 67.4 Å². The minimum atomic E-state index is -1.09. The van der Waals surface area contributed by atoms with Gasteiger partial charge in [-0.05, 0) is 35.9 Å². The third-order valence-corrected chi connectivity index (χ3v) is 4.73. The van der Waals surface area contributed by atoms with Crippen LogP contribution in [0, 0.1) is 5.82 Å². The molecule has 8 nitrogen and oxygen atoms in total. The topological polar surface area (TPSA) is 113 Å². The maximum absolute atomic E-state index is 13.4. The van der Waals surface area contributed by atoms with Crippen molar-refractivity contribution < 1.29 is 14.3 Å². The summed E-state index contributed by atoms with van der Waals surface area (Å²) in [6.07, 6.45) is 7.75. The Bertz CT molecular complexity index is 1270. The summed E-state index contributed by atoms with van der Waals surface area (Å²) in [5.74, 6) is -0.925. The van der Waals surface area contributed by atoms with E-state index in [-0.39, 0.29) is 16.5 Å². The summed E-state index contributed by atoms with van der Waals surface area (Å²) >= 11 is 5.85. The predicted octanol–water partition coefficient (Wildman–Crippen LogP) is 4.78. The molecule has 0 aliphatic heterocycles. The van der Waals surface area contributed by atoms with E-state index in [1.807, 2.05) is 12.1 Å². The molecule has 0 radical (unpaired) electrons. The number of carboxylic acid groups (broad SMARTS) is 1. The lowest BCUT2D eigenvalue weighted by atomic mass is 10.1. The van der Waals surface area contributed by atoms with Crippen LogP contribution >= 0.6 is 11.6 Å². The van der Waals surface area contributed by atoms with Gasteiger partial charge in [0.2, 0.25) is 5.95 Å². The second kappa shape index (κ2) is 9.36. The second-order valence-electron chi connectivity index (χ2n) is 6.69. The first-order valence-electron chi connectivity index (χ1n) is 9.40. The number of pyridine rings is 2. The highest BCUT2D eigenvalue weighted by molar-refractivity contribution is 6.31. The summed E-state index contributed by atoms with van der Waals surface area (Å²) in [5, 5.41) is 15.5. The number of hydrogen-bond acceptors (Lipinski definition) is 7. The molecule has 3 N–H and O–H groups in total. The van der Waals surface area contributed by atoms with Crippen LogP contribution in [0.25, 0.3) is 11.1 Å². The summed E-state index contributed by atoms with van der Waals surface area (Å²) in [7, 11) is 0. The van der Waals surface area contributed by atoms with Crippen molar-refractivity contribution in [2.75, 3.05) is 10.6 Å². The van der Waals surface area contributed by atoms with Gasteiger partial charge in [-0.2, -0.15) is 4.98 Å². The molecule has 4 rings (SSSR count). The Morgan fingerprint density at radius 1 is 1.09 bits per heavy atom. The van der Waals surface area contributed by atoms with Crippen LogP contribution in [0.3, 0.4) is 0 Å². The van der Waals surface area contributed by atoms with E-state index in [9.17, 15) is 14.3 Å². The van der Waals surface area contributed by atoms with Gasteiger partial charge in [0, 0.05) is 54.3 Å². The highest BCUT2D eigenvalue weighted by Crippen LogP contribution is 2.29. The minimum absolute atomic E-state index is 0.0295. The molecule has 4 aromatic rings. The number of aromatic nitrogens is 4. The third-order valence-electron chi connectivity index (χ3n) is 4.44. The van der Waals surface area contributed by atoms with E-state index in [0.717, 1.165) is 5.56 Å². The average molecular weight is 451 g/mol. The Labute approximate surface area is 187 Å². The van der Waals surface area contributed by atoms with E-state index in [0.29, 0.717) is 29.2 Å². The van der Waals surface area contributed by atoms with Crippen LogP contribution < -0.4 is 10.6 Å². The smallest absolute Gasteiger partial charge is 0.337 e. The number of benzene rings is 1. The molecule has 0 fully saturated rings. The number of nitrogens with one attached hydrogen (secondary N) is 2. The van der Waals surface area contributed by atoms with E-state index < -0.39 is 11.8 Å². The van der Waals surface area contributed by atoms with Gasteiger partial charge in [0.25, 0.3) is 0 Å². The Morgan fingerprint density at radius 2 is 1.97 bits per heavy atom. The predicted molar refractivity (Wildman–Crippen MR) is 118 cm³/mol. The van der Waals surface area contributed by atoms with Gasteiger partial charge in [-0.15, -0.1) is 0 Å². The first-order chi connectivity index (χ1) is 15.5. The molecule has 0 atom stereocenters. The lowest BCUT2D eigenvalue weighted by Crippen LogP contribution is -2.07. The molecule has 32 heavy (non-hydrogen) atoms. The van der Waals surface area contributed by atoms with Gasteiger partial charge < -0.3 is 15.7 Å². The fourth-order valence-corrected chi connectivity index (χ4v) is 3.06. The highest BCUT2D eigenvalue weighted by Gasteiger charge is 2.13. The number of anilines is 3. The van der Waals surface area contributed by atoms with Crippen molar-refractivity contribution in [3.05, 3.63) is 89.3 Å². The van der Waals surface area contributed by atoms with Crippen LogP contribution in [0.1, 0.15) is 15.9 Å². The molecule has 0 bridgehead atoms. The van der Waals surface area contributed by atoms with Crippen molar-refractivity contribution in [1.82, 2.24) is 19.9 Å². The number of carbonyl (C=O) groups is 1. The van der Waals surface area contributed by atoms with Gasteiger partial charge >= 0.3 is 5.97 Å². The number of aromatic carboxylic acids is 1. The van der Waals surface area contributed by atoms with E-state index in [2.05, 4.69) is 30.6 Å². The van der Waals surface area contributed by atoms with Crippen LogP contribution in [-0.2, 0) is 6.54 Å². The van der Waals surface area contributed by atoms with Crippen molar-refractivity contribution in [1.29, 1.82) is 0 Å². The van der Waals surface area contributed by atoms with E-state index in [1.165, 1.54) is 36.7 Å². The largest absolute Gasteiger partial charge is 0.478 e. The molecule has 160 valence electrons. The standard InChI is InChI=1S/C22H16ClFN6O2/c23-18-7-16(3-4-19(18)24)29-22-28-12-17(14-6-15(21(31)32)11-26-10-14)20(30-22)27-9-13-2-1-5-25-8-13/h1-8,10-12H,9H2,(H,31,32)(H2,27,28,29,30). The van der Waals surface area contributed by atoms with Gasteiger partial charge in [0.15, 0.2) is 0 Å². The molecule has 0 spiro atoms. The second-order valence-corrected chi connectivity index (χ2v) is 7.10. The van der Waals surface area contributed by atoms with Crippen molar-refractivity contribution >= 4 is 35.0 Å². The van der Waals surface area contributed by atoms with Gasteiger partial charge in [-0.25, -0.2) is 14.2 Å². The fourth-order valence-electron chi connectivity index (χ4n) is 2.88. The lowest BCUT2D eigenvalue weighted by Gasteiger charge is -2.14. The Morgan fingerprint density at radius 3 is 2.72 bits per heavy atom. The minimum Gasteiger partial charge on any atom is -0.478 e. The molecule has 3 heterocycles. The molecule has 0 aliphatic carbocycles. The Balaban J connectivity index is 1.69. The van der Waals surface area contributed by atoms with Gasteiger partial charge in [0.1, 0.15) is 11.6 Å². The SMILES string of the molecule is O=C(O)c1cncc(-c2cnc(Nc3ccc(F)c(Cl)c3)nc2NCc2cccnc2)c1. The van der Waals surface area contributed by atoms with Crippen LogP contribution in [-0.4, -0.2) is 31.0 Å². The summed E-state index contributed by atoms with van der Waals surface area (Å²) in [4.78, 5) is 28.3. The van der Waals surface area contributed by atoms with Crippen molar-refractivity contribution in [2.45, 2.75) is 6.54 Å². The molecule has 0 amide bonds. The molecule has 3 aromatic heterocycles. The normalized spacial score (nSPS) is 10.6. The van der Waals surface area contributed by atoms with E-state index >= 15 is 0 Å². The van der Waals surface area contributed by atoms with Crippen LogP contribution in [0.5, 0.6) is 0 Å². The molecule has 1 aromatic carbocycles. The number of halogens is 2. The zero-order valence-electron chi connectivity index (χ0n) is 16.5. The maximum Gasteiger partial charge on any atom is 0.337 e. The molecule has 0 aliphatic rings. The van der Waals surface area contributed by atoms with Crippen molar-refractivity contribution in [2.24, 2.45) is 0 Å². The molecule has 0 saturated carbocycles. The molecule has 10 heteroatoms. The zero-order chi connectivity index (χ0) is 22.5. The van der Waals surface area contributed by atoms with Crippen molar-refractivity contribution in [3.8, 4) is 11.1 Å². The number of rotatable bonds is 7.